The van der Waals surface area contributed by atoms with E-state index in [1.54, 1.807) is 12.3 Å². The van der Waals surface area contributed by atoms with Crippen LogP contribution in [0.15, 0.2) is 54.7 Å². The molecule has 0 fully saturated rings. The fourth-order valence-corrected chi connectivity index (χ4v) is 1.94. The Morgan fingerprint density at radius 3 is 2.63 bits per heavy atom. The van der Waals surface area contributed by atoms with Crippen LogP contribution in [0.2, 0.25) is 0 Å². The number of aromatic nitrogens is 2. The number of anilines is 3. The number of benzene rings is 1. The molecule has 1 aromatic carbocycles. The van der Waals surface area contributed by atoms with Crippen molar-refractivity contribution in [3.05, 3.63) is 54.7 Å². The van der Waals surface area contributed by atoms with Crippen LogP contribution in [-0.4, -0.2) is 9.97 Å². The Bertz CT molecular complexity index is 706. The van der Waals surface area contributed by atoms with E-state index in [0.717, 1.165) is 22.4 Å². The first-order valence-electron chi connectivity index (χ1n) is 5.91. The average molecular weight is 251 g/mol. The summed E-state index contributed by atoms with van der Waals surface area (Å²) in [4.78, 5) is 8.65. The highest BCUT2D eigenvalue weighted by atomic mass is 15.3. The Balaban J connectivity index is 2.01. The van der Waals surface area contributed by atoms with E-state index in [1.165, 1.54) is 0 Å². The van der Waals surface area contributed by atoms with Gasteiger partial charge < -0.3 is 10.7 Å². The predicted molar refractivity (Wildman–Crippen MR) is 77.1 cm³/mol. The number of hydrogen-bond donors (Lipinski definition) is 3. The van der Waals surface area contributed by atoms with Gasteiger partial charge in [0, 0.05) is 17.3 Å². The van der Waals surface area contributed by atoms with Crippen LogP contribution in [0.1, 0.15) is 0 Å². The molecule has 0 radical (unpaired) electrons. The third-order valence-corrected chi connectivity index (χ3v) is 2.81. The summed E-state index contributed by atoms with van der Waals surface area (Å²) < 4.78 is 0. The second kappa shape index (κ2) is 4.91. The number of pyridine rings is 2. The van der Waals surface area contributed by atoms with Gasteiger partial charge >= 0.3 is 0 Å². The Morgan fingerprint density at radius 2 is 1.74 bits per heavy atom. The monoisotopic (exact) mass is 251 g/mol. The van der Waals surface area contributed by atoms with Crippen LogP contribution in [0.25, 0.3) is 10.9 Å². The molecule has 5 nitrogen and oxygen atoms in total. The molecule has 3 rings (SSSR count). The van der Waals surface area contributed by atoms with Crippen LogP contribution < -0.4 is 16.6 Å². The van der Waals surface area contributed by atoms with Crippen LogP contribution in [0.3, 0.4) is 0 Å². The van der Waals surface area contributed by atoms with E-state index in [4.69, 9.17) is 5.84 Å². The van der Waals surface area contributed by atoms with E-state index >= 15 is 0 Å². The molecular weight excluding hydrogens is 238 g/mol. The number of nitrogens with zero attached hydrogens (tertiary/aromatic N) is 2. The lowest BCUT2D eigenvalue weighted by atomic mass is 10.2. The van der Waals surface area contributed by atoms with Crippen molar-refractivity contribution in [2.75, 3.05) is 10.7 Å². The minimum atomic E-state index is 0.614. The quantitative estimate of drug-likeness (QED) is 0.493. The fourth-order valence-electron chi connectivity index (χ4n) is 1.94. The first-order valence-corrected chi connectivity index (χ1v) is 5.91. The summed E-state index contributed by atoms with van der Waals surface area (Å²) in [6, 6.07) is 15.4. The van der Waals surface area contributed by atoms with Gasteiger partial charge in [-0.05, 0) is 36.4 Å². The van der Waals surface area contributed by atoms with E-state index in [2.05, 4.69) is 20.7 Å². The number of fused-ring (bicyclic) bond motifs is 1. The van der Waals surface area contributed by atoms with Gasteiger partial charge in [0.25, 0.3) is 0 Å². The maximum absolute atomic E-state index is 5.35. The molecular formula is C14H13N5. The predicted octanol–water partition coefficient (Wildman–Crippen LogP) is 2.66. The third-order valence-electron chi connectivity index (χ3n) is 2.81. The van der Waals surface area contributed by atoms with Gasteiger partial charge in [0.05, 0.1) is 5.52 Å². The van der Waals surface area contributed by atoms with Crippen LogP contribution in [0.4, 0.5) is 17.3 Å². The zero-order chi connectivity index (χ0) is 13.1. The second-order valence-corrected chi connectivity index (χ2v) is 4.05. The molecule has 0 unspecified atom stereocenters. The van der Waals surface area contributed by atoms with Crippen molar-refractivity contribution in [3.63, 3.8) is 0 Å². The Morgan fingerprint density at radius 1 is 0.895 bits per heavy atom. The first-order chi connectivity index (χ1) is 9.36. The molecule has 0 spiro atoms. The first kappa shape index (κ1) is 11.4. The summed E-state index contributed by atoms with van der Waals surface area (Å²) >= 11 is 0. The Labute approximate surface area is 110 Å². The van der Waals surface area contributed by atoms with Gasteiger partial charge in [0.2, 0.25) is 0 Å². The van der Waals surface area contributed by atoms with E-state index in [0.29, 0.717) is 5.82 Å². The number of hydrogen-bond acceptors (Lipinski definition) is 5. The van der Waals surface area contributed by atoms with Gasteiger partial charge in [-0.15, -0.1) is 0 Å². The van der Waals surface area contributed by atoms with E-state index in [9.17, 15) is 0 Å². The third kappa shape index (κ3) is 2.31. The van der Waals surface area contributed by atoms with Crippen molar-refractivity contribution < 1.29 is 0 Å². The zero-order valence-corrected chi connectivity index (χ0v) is 10.2. The molecule has 2 heterocycles. The molecule has 4 N–H and O–H groups in total. The van der Waals surface area contributed by atoms with Crippen LogP contribution in [0, 0.1) is 0 Å². The van der Waals surface area contributed by atoms with Crippen molar-refractivity contribution in [2.45, 2.75) is 0 Å². The van der Waals surface area contributed by atoms with Crippen molar-refractivity contribution in [1.82, 2.24) is 9.97 Å². The second-order valence-electron chi connectivity index (χ2n) is 4.05. The number of hydrazine groups is 1. The number of rotatable bonds is 3. The largest absolute Gasteiger partial charge is 0.340 e. The van der Waals surface area contributed by atoms with Gasteiger partial charge in [-0.25, -0.2) is 10.8 Å². The van der Waals surface area contributed by atoms with Crippen molar-refractivity contribution >= 4 is 28.2 Å². The molecule has 94 valence electrons. The Hall–Kier alpha value is -2.66. The smallest absolute Gasteiger partial charge is 0.142 e. The number of nitrogen functional groups attached to an aromatic ring is 1. The van der Waals surface area contributed by atoms with Crippen LogP contribution >= 0.6 is 0 Å². The molecule has 0 aliphatic heterocycles. The van der Waals surface area contributed by atoms with Crippen LogP contribution in [0.5, 0.6) is 0 Å². The molecule has 0 atom stereocenters. The highest BCUT2D eigenvalue weighted by molar-refractivity contribution is 5.92. The summed E-state index contributed by atoms with van der Waals surface area (Å²) in [5.41, 5.74) is 4.44. The highest BCUT2D eigenvalue weighted by Crippen LogP contribution is 2.24. The molecule has 0 saturated heterocycles. The van der Waals surface area contributed by atoms with Gasteiger partial charge in [-0.1, -0.05) is 12.1 Å². The fraction of sp³-hybridized carbons (Fsp3) is 0. The number of nitrogens with one attached hydrogen (secondary N) is 2. The van der Waals surface area contributed by atoms with Gasteiger partial charge in [-0.3, -0.25) is 4.98 Å². The molecule has 19 heavy (non-hydrogen) atoms. The summed E-state index contributed by atoms with van der Waals surface area (Å²) in [5, 5.41) is 4.33. The van der Waals surface area contributed by atoms with Crippen LogP contribution in [-0.2, 0) is 0 Å². The molecule has 2 aromatic heterocycles. The molecule has 0 saturated carbocycles. The van der Waals surface area contributed by atoms with Crippen molar-refractivity contribution in [3.8, 4) is 0 Å². The summed E-state index contributed by atoms with van der Waals surface area (Å²) in [6.45, 7) is 0. The van der Waals surface area contributed by atoms with Gasteiger partial charge in [0.15, 0.2) is 0 Å². The SMILES string of the molecule is NNc1cccc(Nc2cccc3ncccc23)n1. The average Bonchev–Trinajstić information content (AvgIpc) is 2.48. The lowest BCUT2D eigenvalue weighted by molar-refractivity contribution is 1.23. The van der Waals surface area contributed by atoms with E-state index in [-0.39, 0.29) is 0 Å². The Kier molecular flexibility index (Phi) is 2.96. The topological polar surface area (TPSA) is 75.9 Å². The molecule has 3 aromatic rings. The lowest BCUT2D eigenvalue weighted by Crippen LogP contribution is -2.08. The maximum atomic E-state index is 5.35. The maximum Gasteiger partial charge on any atom is 0.142 e. The minimum Gasteiger partial charge on any atom is -0.340 e. The van der Waals surface area contributed by atoms with Crippen molar-refractivity contribution in [2.24, 2.45) is 5.84 Å². The molecule has 0 aliphatic rings. The van der Waals surface area contributed by atoms with Crippen molar-refractivity contribution in [1.29, 1.82) is 0 Å². The standard InChI is InChI=1S/C14H13N5/c15-19-14-8-2-7-13(18-14)17-12-6-1-5-11-10(12)4-3-9-16-11/h1-9H,15H2,(H2,17,18,19). The number of nitrogens with two attached hydrogens (primary N) is 1. The molecule has 0 amide bonds. The summed E-state index contributed by atoms with van der Waals surface area (Å²) in [6.07, 6.45) is 1.78. The van der Waals surface area contributed by atoms with Gasteiger partial charge in [-0.2, -0.15) is 0 Å². The highest BCUT2D eigenvalue weighted by Gasteiger charge is 2.02. The van der Waals surface area contributed by atoms with Gasteiger partial charge in [0.1, 0.15) is 11.6 Å². The van der Waals surface area contributed by atoms with E-state index in [1.807, 2.05) is 42.5 Å². The summed E-state index contributed by atoms with van der Waals surface area (Å²) in [7, 11) is 0. The zero-order valence-electron chi connectivity index (χ0n) is 10.2. The molecule has 0 aliphatic carbocycles. The minimum absolute atomic E-state index is 0.614. The lowest BCUT2D eigenvalue weighted by Gasteiger charge is -2.09. The molecule has 0 bridgehead atoms. The molecule has 5 heteroatoms. The summed E-state index contributed by atoms with van der Waals surface area (Å²) in [5.74, 6) is 6.70. The normalized spacial score (nSPS) is 10.4. The van der Waals surface area contributed by atoms with E-state index < -0.39 is 0 Å².